The molecule has 1 heterocycles. The number of nitrogens with one attached hydrogen (secondary N) is 1. The molecule has 224 valence electrons. The molecule has 0 bridgehead atoms. The van der Waals surface area contributed by atoms with Crippen LogP contribution < -0.4 is 19.1 Å². The molecule has 1 aliphatic heterocycles. The summed E-state index contributed by atoms with van der Waals surface area (Å²) in [5, 5.41) is 3.03. The quantitative estimate of drug-likeness (QED) is 0.358. The number of carbonyl (C=O) groups is 2. The number of benzene rings is 3. The van der Waals surface area contributed by atoms with Gasteiger partial charge in [-0.25, -0.2) is 8.42 Å². The minimum atomic E-state index is -3.89. The molecule has 1 N–H and O–H groups in total. The summed E-state index contributed by atoms with van der Waals surface area (Å²) in [5.74, 6) is -0.117. The van der Waals surface area contributed by atoms with Crippen molar-refractivity contribution in [3.8, 4) is 11.5 Å². The Labute approximate surface area is 248 Å². The van der Waals surface area contributed by atoms with Crippen LogP contribution in [0.1, 0.15) is 38.8 Å². The Morgan fingerprint density at radius 2 is 1.48 bits per heavy atom. The Bertz CT molecular complexity index is 1470. The number of hydrogen-bond donors (Lipinski definition) is 1. The van der Waals surface area contributed by atoms with Gasteiger partial charge in [-0.05, 0) is 51.0 Å². The lowest BCUT2D eigenvalue weighted by molar-refractivity contribution is -0.140. The first-order valence-electron chi connectivity index (χ1n) is 14.1. The molecule has 0 unspecified atom stereocenters. The van der Waals surface area contributed by atoms with Gasteiger partial charge in [-0.2, -0.15) is 0 Å². The number of rotatable bonds is 11. The Kier molecular flexibility index (Phi) is 9.78. The Balaban J connectivity index is 1.75. The van der Waals surface area contributed by atoms with Crippen LogP contribution in [0, 0.1) is 0 Å². The van der Waals surface area contributed by atoms with Crippen molar-refractivity contribution in [1.29, 1.82) is 0 Å². The molecule has 0 fully saturated rings. The molecule has 0 saturated carbocycles. The highest BCUT2D eigenvalue weighted by atomic mass is 32.2. The minimum absolute atomic E-state index is 0.121. The first-order valence-corrected chi connectivity index (χ1v) is 15.7. The van der Waals surface area contributed by atoms with E-state index in [0.29, 0.717) is 24.7 Å². The van der Waals surface area contributed by atoms with Crippen LogP contribution >= 0.6 is 0 Å². The van der Waals surface area contributed by atoms with E-state index in [2.05, 4.69) is 5.32 Å². The SMILES string of the molecule is CCS(=O)(=O)N(CC(=O)N(Cc1ccccc1)[C@@H](Cc1ccccc1)C(=O)NC(C)(C)C)c1ccc2c(c1)OCCO2. The molecule has 9 nitrogen and oxygen atoms in total. The van der Waals surface area contributed by atoms with Crippen LogP contribution in [-0.4, -0.2) is 62.2 Å². The highest BCUT2D eigenvalue weighted by molar-refractivity contribution is 7.92. The van der Waals surface area contributed by atoms with Gasteiger partial charge in [0.25, 0.3) is 0 Å². The third-order valence-corrected chi connectivity index (χ3v) is 8.50. The van der Waals surface area contributed by atoms with E-state index in [1.54, 1.807) is 18.2 Å². The van der Waals surface area contributed by atoms with Crippen molar-refractivity contribution in [2.75, 3.05) is 29.8 Å². The predicted molar refractivity (Wildman–Crippen MR) is 163 cm³/mol. The zero-order chi connectivity index (χ0) is 30.3. The third kappa shape index (κ3) is 8.03. The van der Waals surface area contributed by atoms with Crippen molar-refractivity contribution in [3.63, 3.8) is 0 Å². The molecule has 0 aliphatic carbocycles. The van der Waals surface area contributed by atoms with Crippen LogP contribution in [0.25, 0.3) is 0 Å². The molecular formula is C32H39N3O6S. The molecule has 0 radical (unpaired) electrons. The summed E-state index contributed by atoms with van der Waals surface area (Å²) in [5.41, 5.74) is 1.43. The molecule has 0 saturated heterocycles. The zero-order valence-corrected chi connectivity index (χ0v) is 25.4. The van der Waals surface area contributed by atoms with Gasteiger partial charge in [-0.3, -0.25) is 13.9 Å². The minimum Gasteiger partial charge on any atom is -0.486 e. The summed E-state index contributed by atoms with van der Waals surface area (Å²) in [6, 6.07) is 22.8. The van der Waals surface area contributed by atoms with E-state index in [0.717, 1.165) is 15.4 Å². The van der Waals surface area contributed by atoms with Crippen molar-refractivity contribution in [3.05, 3.63) is 90.0 Å². The van der Waals surface area contributed by atoms with E-state index >= 15 is 0 Å². The Morgan fingerprint density at radius 3 is 2.07 bits per heavy atom. The van der Waals surface area contributed by atoms with Crippen molar-refractivity contribution in [2.24, 2.45) is 0 Å². The predicted octanol–water partition coefficient (Wildman–Crippen LogP) is 4.17. The highest BCUT2D eigenvalue weighted by Gasteiger charge is 2.35. The first kappa shape index (κ1) is 30.9. The van der Waals surface area contributed by atoms with E-state index < -0.39 is 34.1 Å². The molecule has 0 aromatic heterocycles. The fraction of sp³-hybridized carbons (Fsp3) is 0.375. The smallest absolute Gasteiger partial charge is 0.244 e. The van der Waals surface area contributed by atoms with Crippen LogP contribution in [0.2, 0.25) is 0 Å². The molecule has 4 rings (SSSR count). The van der Waals surface area contributed by atoms with Crippen molar-refractivity contribution in [1.82, 2.24) is 10.2 Å². The Morgan fingerprint density at radius 1 is 0.881 bits per heavy atom. The van der Waals surface area contributed by atoms with Gasteiger partial charge < -0.3 is 19.7 Å². The van der Waals surface area contributed by atoms with Crippen molar-refractivity contribution >= 4 is 27.5 Å². The number of nitrogens with zero attached hydrogens (tertiary/aromatic N) is 2. The standard InChI is InChI=1S/C32H39N3O6S/c1-5-42(38,39)35(26-16-17-28-29(21-26)41-19-18-40-28)23-30(36)34(22-25-14-10-7-11-15-25)27(31(37)33-32(2,3)4)20-24-12-8-6-9-13-24/h6-17,21,27H,5,18-20,22-23H2,1-4H3,(H,33,37)/t27-/m0/s1. The number of amides is 2. The largest absolute Gasteiger partial charge is 0.486 e. The maximum Gasteiger partial charge on any atom is 0.244 e. The van der Waals surface area contributed by atoms with E-state index in [4.69, 9.17) is 9.47 Å². The van der Waals surface area contributed by atoms with Crippen LogP contribution in [0.15, 0.2) is 78.9 Å². The van der Waals surface area contributed by atoms with Gasteiger partial charge in [0.1, 0.15) is 25.8 Å². The molecule has 2 amide bonds. The lowest BCUT2D eigenvalue weighted by Gasteiger charge is -2.35. The average molecular weight is 594 g/mol. The van der Waals surface area contributed by atoms with Crippen LogP contribution in [0.4, 0.5) is 5.69 Å². The van der Waals surface area contributed by atoms with Crippen LogP contribution in [0.3, 0.4) is 0 Å². The van der Waals surface area contributed by atoms with Gasteiger partial charge in [0.2, 0.25) is 21.8 Å². The number of anilines is 1. The molecule has 42 heavy (non-hydrogen) atoms. The zero-order valence-electron chi connectivity index (χ0n) is 24.6. The second-order valence-corrected chi connectivity index (χ2v) is 13.4. The Hall–Kier alpha value is -4.05. The lowest BCUT2D eigenvalue weighted by atomic mass is 10.0. The summed E-state index contributed by atoms with van der Waals surface area (Å²) in [6.07, 6.45) is 0.256. The summed E-state index contributed by atoms with van der Waals surface area (Å²) in [7, 11) is -3.89. The fourth-order valence-electron chi connectivity index (χ4n) is 4.69. The summed E-state index contributed by atoms with van der Waals surface area (Å²) < 4.78 is 39.1. The molecule has 1 aliphatic rings. The molecule has 0 spiro atoms. The van der Waals surface area contributed by atoms with Gasteiger partial charge in [-0.15, -0.1) is 0 Å². The molecule has 3 aromatic rings. The summed E-state index contributed by atoms with van der Waals surface area (Å²) >= 11 is 0. The van der Waals surface area contributed by atoms with Gasteiger partial charge in [0, 0.05) is 24.6 Å². The number of fused-ring (bicyclic) bond motifs is 1. The van der Waals surface area contributed by atoms with E-state index in [9.17, 15) is 18.0 Å². The molecule has 1 atom stereocenters. The summed E-state index contributed by atoms with van der Waals surface area (Å²) in [4.78, 5) is 29.6. The summed E-state index contributed by atoms with van der Waals surface area (Å²) in [6.45, 7) is 7.54. The molecular weight excluding hydrogens is 554 g/mol. The average Bonchev–Trinajstić information content (AvgIpc) is 2.97. The second kappa shape index (κ2) is 13.3. The van der Waals surface area contributed by atoms with E-state index in [-0.39, 0.29) is 30.3 Å². The second-order valence-electron chi connectivity index (χ2n) is 11.2. The van der Waals surface area contributed by atoms with Gasteiger partial charge in [0.05, 0.1) is 11.4 Å². The van der Waals surface area contributed by atoms with E-state index in [1.165, 1.54) is 11.8 Å². The van der Waals surface area contributed by atoms with Crippen LogP contribution in [-0.2, 0) is 32.6 Å². The third-order valence-electron chi connectivity index (χ3n) is 6.76. The monoisotopic (exact) mass is 593 g/mol. The number of carbonyl (C=O) groups excluding carboxylic acids is 2. The topological polar surface area (TPSA) is 105 Å². The lowest BCUT2D eigenvalue weighted by Crippen LogP contribution is -2.56. The highest BCUT2D eigenvalue weighted by Crippen LogP contribution is 2.35. The normalized spacial score (nSPS) is 13.6. The maximum absolute atomic E-state index is 14.3. The number of sulfonamides is 1. The van der Waals surface area contributed by atoms with Gasteiger partial charge in [-0.1, -0.05) is 60.7 Å². The molecule has 10 heteroatoms. The first-order chi connectivity index (χ1) is 20.0. The van der Waals surface area contributed by atoms with Crippen LogP contribution in [0.5, 0.6) is 11.5 Å². The van der Waals surface area contributed by atoms with Gasteiger partial charge >= 0.3 is 0 Å². The fourth-order valence-corrected chi connectivity index (χ4v) is 5.75. The maximum atomic E-state index is 14.3. The van der Waals surface area contributed by atoms with E-state index in [1.807, 2.05) is 81.4 Å². The number of hydrogen-bond acceptors (Lipinski definition) is 6. The van der Waals surface area contributed by atoms with Crippen molar-refractivity contribution < 1.29 is 27.5 Å². The van der Waals surface area contributed by atoms with Gasteiger partial charge in [0.15, 0.2) is 11.5 Å². The number of ether oxygens (including phenoxy) is 2. The van der Waals surface area contributed by atoms with Crippen molar-refractivity contribution in [2.45, 2.75) is 52.2 Å². The molecule has 3 aromatic carbocycles.